The highest BCUT2D eigenvalue weighted by molar-refractivity contribution is 5.84. The van der Waals surface area contributed by atoms with Gasteiger partial charge in [0.15, 0.2) is 0 Å². The number of rotatable bonds is 7. The molecule has 0 atom stereocenters. The van der Waals surface area contributed by atoms with E-state index in [1.165, 1.54) is 35.2 Å². The van der Waals surface area contributed by atoms with E-state index < -0.39 is 0 Å². The highest BCUT2D eigenvalue weighted by Gasteiger charge is 2.48. The number of amides is 1. The van der Waals surface area contributed by atoms with Gasteiger partial charge in [-0.05, 0) is 79.8 Å². The second kappa shape index (κ2) is 8.27. The lowest BCUT2D eigenvalue weighted by atomic mass is 9.94. The Hall–Kier alpha value is -2.40. The molecule has 2 heterocycles. The van der Waals surface area contributed by atoms with Gasteiger partial charge in [-0.15, -0.1) is 0 Å². The number of hydrogen-bond acceptors (Lipinski definition) is 3. The van der Waals surface area contributed by atoms with E-state index >= 15 is 0 Å². The van der Waals surface area contributed by atoms with E-state index in [9.17, 15) is 9.18 Å². The second-order valence-electron chi connectivity index (χ2n) is 9.68. The van der Waals surface area contributed by atoms with E-state index in [-0.39, 0.29) is 17.1 Å². The van der Waals surface area contributed by atoms with Crippen LogP contribution in [-0.2, 0) is 24.1 Å². The van der Waals surface area contributed by atoms with Crippen LogP contribution >= 0.6 is 0 Å². The molecule has 1 amide bonds. The molecule has 5 heteroatoms. The van der Waals surface area contributed by atoms with Gasteiger partial charge in [0.1, 0.15) is 5.82 Å². The number of primary amides is 1. The molecule has 4 nitrogen and oxygen atoms in total. The number of benzene rings is 2. The van der Waals surface area contributed by atoms with Crippen LogP contribution in [0.15, 0.2) is 42.5 Å². The van der Waals surface area contributed by atoms with Gasteiger partial charge >= 0.3 is 0 Å². The summed E-state index contributed by atoms with van der Waals surface area (Å²) >= 11 is 0. The predicted octanol–water partition coefficient (Wildman–Crippen LogP) is 3.70. The molecule has 0 bridgehead atoms. The number of halogens is 1. The Labute approximate surface area is 184 Å². The Morgan fingerprint density at radius 3 is 2.42 bits per heavy atom. The number of nitrogens with two attached hydrogens (primary N) is 1. The summed E-state index contributed by atoms with van der Waals surface area (Å²) < 4.78 is 13.1. The van der Waals surface area contributed by atoms with Gasteiger partial charge in [-0.2, -0.15) is 0 Å². The molecule has 1 aliphatic carbocycles. The van der Waals surface area contributed by atoms with Crippen molar-refractivity contribution < 1.29 is 9.18 Å². The van der Waals surface area contributed by atoms with Gasteiger partial charge in [-0.3, -0.25) is 4.79 Å². The van der Waals surface area contributed by atoms with Gasteiger partial charge in [0, 0.05) is 37.9 Å². The standard InChI is InChI=1S/C26H32FN3O/c27-22-5-2-19(3-6-22)7-13-29-14-9-23(10-15-29)30-16-8-21-4-1-20(17-24(21)30)18-26(11-12-26)25(28)31/h1-6,17,23H,7-16,18H2,(H2,28,31). The first-order valence-electron chi connectivity index (χ1n) is 11.7. The number of nitrogens with zero attached hydrogens (tertiary/aromatic N) is 2. The maximum absolute atomic E-state index is 13.1. The molecule has 2 aromatic rings. The molecule has 1 saturated carbocycles. The maximum Gasteiger partial charge on any atom is 0.223 e. The van der Waals surface area contributed by atoms with Crippen LogP contribution in [-0.4, -0.2) is 43.0 Å². The molecule has 0 aromatic heterocycles. The van der Waals surface area contributed by atoms with Crippen molar-refractivity contribution in [3.63, 3.8) is 0 Å². The summed E-state index contributed by atoms with van der Waals surface area (Å²) in [5, 5.41) is 0. The van der Waals surface area contributed by atoms with E-state index in [1.807, 2.05) is 12.1 Å². The Kier molecular flexibility index (Phi) is 5.47. The van der Waals surface area contributed by atoms with E-state index in [0.29, 0.717) is 6.04 Å². The largest absolute Gasteiger partial charge is 0.369 e. The fraction of sp³-hybridized carbons (Fsp3) is 0.500. The fourth-order valence-corrected chi connectivity index (χ4v) is 5.38. The highest BCUT2D eigenvalue weighted by atomic mass is 19.1. The zero-order valence-electron chi connectivity index (χ0n) is 18.2. The number of piperidine rings is 1. The third-order valence-electron chi connectivity index (χ3n) is 7.63. The van der Waals surface area contributed by atoms with Crippen molar-refractivity contribution in [2.75, 3.05) is 31.1 Å². The molecule has 2 aliphatic heterocycles. The van der Waals surface area contributed by atoms with Crippen molar-refractivity contribution in [1.82, 2.24) is 4.90 Å². The summed E-state index contributed by atoms with van der Waals surface area (Å²) in [6.07, 6.45) is 7.09. The third-order valence-corrected chi connectivity index (χ3v) is 7.63. The summed E-state index contributed by atoms with van der Waals surface area (Å²) in [7, 11) is 0. The van der Waals surface area contributed by atoms with Crippen LogP contribution in [0, 0.1) is 11.2 Å². The van der Waals surface area contributed by atoms with Gasteiger partial charge in [-0.25, -0.2) is 4.39 Å². The monoisotopic (exact) mass is 421 g/mol. The summed E-state index contributed by atoms with van der Waals surface area (Å²) in [5.74, 6) is -0.307. The van der Waals surface area contributed by atoms with Crippen molar-refractivity contribution in [3.05, 3.63) is 65.0 Å². The van der Waals surface area contributed by atoms with E-state index in [2.05, 4.69) is 28.0 Å². The fourth-order valence-electron chi connectivity index (χ4n) is 5.38. The summed E-state index contributed by atoms with van der Waals surface area (Å²) in [5.41, 5.74) is 10.6. The minimum atomic E-state index is -0.284. The van der Waals surface area contributed by atoms with Crippen LogP contribution in [0.5, 0.6) is 0 Å². The highest BCUT2D eigenvalue weighted by Crippen LogP contribution is 2.48. The first-order valence-corrected chi connectivity index (χ1v) is 11.7. The average molecular weight is 422 g/mol. The number of anilines is 1. The summed E-state index contributed by atoms with van der Waals surface area (Å²) in [6.45, 7) is 4.36. The number of hydrogen-bond donors (Lipinski definition) is 1. The zero-order chi connectivity index (χ0) is 21.4. The molecule has 2 aromatic carbocycles. The Morgan fingerprint density at radius 1 is 1.03 bits per heavy atom. The first-order chi connectivity index (χ1) is 15.0. The maximum atomic E-state index is 13.1. The third kappa shape index (κ3) is 4.33. The quantitative estimate of drug-likeness (QED) is 0.742. The minimum Gasteiger partial charge on any atom is -0.369 e. The predicted molar refractivity (Wildman–Crippen MR) is 122 cm³/mol. The molecule has 0 radical (unpaired) electrons. The first kappa shape index (κ1) is 20.5. The lowest BCUT2D eigenvalue weighted by molar-refractivity contribution is -0.123. The van der Waals surface area contributed by atoms with E-state index in [0.717, 1.165) is 58.3 Å². The van der Waals surface area contributed by atoms with Crippen molar-refractivity contribution in [3.8, 4) is 0 Å². The molecule has 5 rings (SSSR count). The molecule has 164 valence electrons. The smallest absolute Gasteiger partial charge is 0.223 e. The molecule has 2 N–H and O–H groups in total. The molecule has 0 spiro atoms. The van der Waals surface area contributed by atoms with Crippen molar-refractivity contribution in [2.24, 2.45) is 11.1 Å². The lowest BCUT2D eigenvalue weighted by Gasteiger charge is -2.38. The van der Waals surface area contributed by atoms with Gasteiger partial charge in [0.05, 0.1) is 5.41 Å². The molecular formula is C26H32FN3O. The van der Waals surface area contributed by atoms with Crippen LogP contribution in [0.3, 0.4) is 0 Å². The zero-order valence-corrected chi connectivity index (χ0v) is 18.2. The van der Waals surface area contributed by atoms with Crippen LogP contribution < -0.4 is 10.6 Å². The minimum absolute atomic E-state index is 0.141. The van der Waals surface area contributed by atoms with Crippen LogP contribution in [0.25, 0.3) is 0 Å². The average Bonchev–Trinajstić information content (AvgIpc) is 3.45. The molecular weight excluding hydrogens is 389 g/mol. The van der Waals surface area contributed by atoms with E-state index in [4.69, 9.17) is 5.73 Å². The molecule has 3 aliphatic rings. The molecule has 31 heavy (non-hydrogen) atoms. The van der Waals surface area contributed by atoms with Crippen LogP contribution in [0.4, 0.5) is 10.1 Å². The lowest BCUT2D eigenvalue weighted by Crippen LogP contribution is -2.45. The van der Waals surface area contributed by atoms with Gasteiger partial charge in [0.2, 0.25) is 5.91 Å². The Balaban J connectivity index is 1.18. The van der Waals surface area contributed by atoms with Crippen molar-refractivity contribution in [2.45, 2.75) is 51.0 Å². The normalized spacial score (nSPS) is 20.6. The Bertz CT molecular complexity index is 946. The van der Waals surface area contributed by atoms with E-state index in [1.54, 1.807) is 12.1 Å². The number of fused-ring (bicyclic) bond motifs is 1. The number of carbonyl (C=O) groups excluding carboxylic acids is 1. The van der Waals surface area contributed by atoms with Gasteiger partial charge < -0.3 is 15.5 Å². The SMILES string of the molecule is NC(=O)C1(Cc2ccc3c(c2)N(C2CCN(CCc4ccc(F)cc4)CC2)CC3)CC1. The summed E-state index contributed by atoms with van der Waals surface area (Å²) in [6, 6.07) is 14.3. The second-order valence-corrected chi connectivity index (χ2v) is 9.68. The molecule has 2 fully saturated rings. The van der Waals surface area contributed by atoms with Gasteiger partial charge in [0.25, 0.3) is 0 Å². The number of carbonyl (C=O) groups is 1. The molecule has 0 unspecified atom stereocenters. The van der Waals surface area contributed by atoms with Crippen molar-refractivity contribution >= 4 is 11.6 Å². The van der Waals surface area contributed by atoms with Gasteiger partial charge in [-0.1, -0.05) is 24.3 Å². The number of likely N-dealkylation sites (tertiary alicyclic amines) is 1. The molecule has 1 saturated heterocycles. The van der Waals surface area contributed by atoms with Crippen LogP contribution in [0.1, 0.15) is 42.4 Å². The topological polar surface area (TPSA) is 49.6 Å². The van der Waals surface area contributed by atoms with Crippen LogP contribution in [0.2, 0.25) is 0 Å². The Morgan fingerprint density at radius 2 is 1.74 bits per heavy atom. The summed E-state index contributed by atoms with van der Waals surface area (Å²) in [4.78, 5) is 17.0. The van der Waals surface area contributed by atoms with Crippen molar-refractivity contribution in [1.29, 1.82) is 0 Å².